The molecule has 9 nitrogen and oxygen atoms in total. The second-order valence-electron chi connectivity index (χ2n) is 7.23. The van der Waals surface area contributed by atoms with Gasteiger partial charge in [0, 0.05) is 30.7 Å². The molecule has 1 aliphatic rings. The summed E-state index contributed by atoms with van der Waals surface area (Å²) in [6.45, 7) is 3.69. The summed E-state index contributed by atoms with van der Waals surface area (Å²) >= 11 is 5.98. The second kappa shape index (κ2) is 8.85. The zero-order valence-corrected chi connectivity index (χ0v) is 17.4. The van der Waals surface area contributed by atoms with Crippen molar-refractivity contribution in [3.63, 3.8) is 0 Å². The molecule has 10 heteroatoms. The largest absolute Gasteiger partial charge is 0.365 e. The molecule has 1 saturated heterocycles. The first-order chi connectivity index (χ1) is 14.5. The van der Waals surface area contributed by atoms with Crippen molar-refractivity contribution < 1.29 is 14.3 Å². The summed E-state index contributed by atoms with van der Waals surface area (Å²) in [6, 6.07) is 7.27. The van der Waals surface area contributed by atoms with Gasteiger partial charge in [-0.05, 0) is 31.2 Å². The van der Waals surface area contributed by atoms with Crippen molar-refractivity contribution >= 4 is 34.4 Å². The highest BCUT2D eigenvalue weighted by molar-refractivity contribution is 6.31. The van der Waals surface area contributed by atoms with Gasteiger partial charge in [0.25, 0.3) is 5.91 Å². The van der Waals surface area contributed by atoms with E-state index in [-0.39, 0.29) is 24.9 Å². The lowest BCUT2D eigenvalue weighted by atomic mass is 10.2. The Balaban J connectivity index is 1.28. The van der Waals surface area contributed by atoms with Gasteiger partial charge < -0.3 is 19.9 Å². The maximum Gasteiger partial charge on any atom is 0.251 e. The Morgan fingerprint density at radius 3 is 3.03 bits per heavy atom. The van der Waals surface area contributed by atoms with Crippen molar-refractivity contribution in [2.24, 2.45) is 0 Å². The number of morpholine rings is 1. The standard InChI is InChI=1S/C20H23ClN6O3/c1-13-4-6-27(25-13)7-5-19(28)26-8-9-30-17(12-26)20(29)22-11-18-23-15-3-2-14(21)10-16(15)24-18/h2-4,6,10,17H,5,7-9,11-12H2,1H3,(H,22,29)(H,23,24). The van der Waals surface area contributed by atoms with Gasteiger partial charge in [-0.3, -0.25) is 14.3 Å². The quantitative estimate of drug-likeness (QED) is 0.618. The molecule has 0 bridgehead atoms. The number of nitrogens with one attached hydrogen (secondary N) is 2. The van der Waals surface area contributed by atoms with Crippen LogP contribution < -0.4 is 5.32 Å². The van der Waals surface area contributed by atoms with Crippen LogP contribution in [0.2, 0.25) is 5.02 Å². The Morgan fingerprint density at radius 1 is 1.37 bits per heavy atom. The third-order valence-corrected chi connectivity index (χ3v) is 5.20. The molecule has 158 valence electrons. The van der Waals surface area contributed by atoms with E-state index in [9.17, 15) is 9.59 Å². The van der Waals surface area contributed by atoms with Crippen LogP contribution in [0.1, 0.15) is 17.9 Å². The van der Waals surface area contributed by atoms with E-state index in [1.165, 1.54) is 0 Å². The highest BCUT2D eigenvalue weighted by atomic mass is 35.5. The lowest BCUT2D eigenvalue weighted by Crippen LogP contribution is -2.51. The summed E-state index contributed by atoms with van der Waals surface area (Å²) in [5.41, 5.74) is 2.50. The number of hydrogen-bond acceptors (Lipinski definition) is 5. The van der Waals surface area contributed by atoms with Crippen LogP contribution in [0.3, 0.4) is 0 Å². The number of hydrogen-bond donors (Lipinski definition) is 2. The van der Waals surface area contributed by atoms with Crippen LogP contribution in [0.25, 0.3) is 11.0 Å². The molecular weight excluding hydrogens is 408 g/mol. The monoisotopic (exact) mass is 430 g/mol. The van der Waals surface area contributed by atoms with Crippen LogP contribution in [0, 0.1) is 6.92 Å². The molecule has 3 aromatic rings. The number of carbonyl (C=O) groups excluding carboxylic acids is 2. The Bertz CT molecular complexity index is 1060. The van der Waals surface area contributed by atoms with E-state index in [1.54, 1.807) is 21.7 Å². The van der Waals surface area contributed by atoms with Crippen LogP contribution >= 0.6 is 11.6 Å². The minimum Gasteiger partial charge on any atom is -0.365 e. The predicted molar refractivity (Wildman–Crippen MR) is 111 cm³/mol. The van der Waals surface area contributed by atoms with E-state index < -0.39 is 6.10 Å². The van der Waals surface area contributed by atoms with Crippen molar-refractivity contribution in [1.82, 2.24) is 30.0 Å². The first-order valence-corrected chi connectivity index (χ1v) is 10.2. The number of aromatic nitrogens is 4. The first kappa shape index (κ1) is 20.4. The summed E-state index contributed by atoms with van der Waals surface area (Å²) in [7, 11) is 0. The Labute approximate surface area is 178 Å². The predicted octanol–water partition coefficient (Wildman–Crippen LogP) is 1.66. The zero-order valence-electron chi connectivity index (χ0n) is 16.6. The Morgan fingerprint density at radius 2 is 2.23 bits per heavy atom. The number of rotatable bonds is 6. The SMILES string of the molecule is Cc1ccn(CCC(=O)N2CCOC(C(=O)NCc3nc4ccc(Cl)cc4[nH]3)C2)n1. The number of carbonyl (C=O) groups is 2. The minimum absolute atomic E-state index is 0.0154. The van der Waals surface area contributed by atoms with Crippen molar-refractivity contribution in [3.05, 3.63) is 47.0 Å². The van der Waals surface area contributed by atoms with E-state index in [1.807, 2.05) is 25.3 Å². The Hall–Kier alpha value is -2.91. The van der Waals surface area contributed by atoms with Crippen LogP contribution in [-0.2, 0) is 27.4 Å². The van der Waals surface area contributed by atoms with Gasteiger partial charge in [-0.15, -0.1) is 0 Å². The molecular formula is C20H23ClN6O3. The van der Waals surface area contributed by atoms with Crippen molar-refractivity contribution in [1.29, 1.82) is 0 Å². The normalized spacial score (nSPS) is 16.7. The molecule has 0 aliphatic carbocycles. The first-order valence-electron chi connectivity index (χ1n) is 9.79. The lowest BCUT2D eigenvalue weighted by Gasteiger charge is -2.32. The lowest BCUT2D eigenvalue weighted by molar-refractivity contribution is -0.147. The van der Waals surface area contributed by atoms with Gasteiger partial charge in [0.15, 0.2) is 6.10 Å². The molecule has 0 saturated carbocycles. The number of halogens is 1. The summed E-state index contributed by atoms with van der Waals surface area (Å²) in [5, 5.41) is 7.72. The molecule has 0 spiro atoms. The van der Waals surface area contributed by atoms with Gasteiger partial charge >= 0.3 is 0 Å². The number of amides is 2. The molecule has 2 amide bonds. The number of imidazole rings is 1. The van der Waals surface area contributed by atoms with Gasteiger partial charge in [0.05, 0.1) is 36.4 Å². The number of aryl methyl sites for hydroxylation is 2. The molecule has 2 N–H and O–H groups in total. The summed E-state index contributed by atoms with van der Waals surface area (Å²) < 4.78 is 7.33. The summed E-state index contributed by atoms with van der Waals surface area (Å²) in [5.74, 6) is 0.339. The number of ether oxygens (including phenoxy) is 1. The highest BCUT2D eigenvalue weighted by Gasteiger charge is 2.29. The van der Waals surface area contributed by atoms with E-state index in [2.05, 4.69) is 20.4 Å². The number of aromatic amines is 1. The minimum atomic E-state index is -0.700. The molecule has 1 aromatic carbocycles. The topological polar surface area (TPSA) is 105 Å². The van der Waals surface area contributed by atoms with Crippen LogP contribution in [0.4, 0.5) is 0 Å². The number of benzene rings is 1. The fourth-order valence-electron chi connectivity index (χ4n) is 3.39. The number of nitrogens with zero attached hydrogens (tertiary/aromatic N) is 4. The van der Waals surface area contributed by atoms with E-state index in [0.717, 1.165) is 16.7 Å². The van der Waals surface area contributed by atoms with Gasteiger partial charge in [-0.1, -0.05) is 11.6 Å². The van der Waals surface area contributed by atoms with Crippen molar-refractivity contribution in [2.75, 3.05) is 19.7 Å². The summed E-state index contributed by atoms with van der Waals surface area (Å²) in [4.78, 5) is 34.3. The highest BCUT2D eigenvalue weighted by Crippen LogP contribution is 2.17. The molecule has 4 rings (SSSR count). The fraction of sp³-hybridized carbons (Fsp3) is 0.400. The van der Waals surface area contributed by atoms with Crippen molar-refractivity contribution in [2.45, 2.75) is 32.5 Å². The van der Waals surface area contributed by atoms with Gasteiger partial charge in [0.1, 0.15) is 5.82 Å². The Kier molecular flexibility index (Phi) is 6.01. The average Bonchev–Trinajstić information content (AvgIpc) is 3.35. The maximum atomic E-state index is 12.5. The van der Waals surface area contributed by atoms with Crippen LogP contribution in [-0.4, -0.2) is 62.3 Å². The number of H-pyrrole nitrogens is 1. The smallest absolute Gasteiger partial charge is 0.251 e. The van der Waals surface area contributed by atoms with Gasteiger partial charge in [-0.2, -0.15) is 5.10 Å². The van der Waals surface area contributed by atoms with Gasteiger partial charge in [0.2, 0.25) is 5.91 Å². The van der Waals surface area contributed by atoms with E-state index >= 15 is 0 Å². The zero-order chi connectivity index (χ0) is 21.1. The van der Waals surface area contributed by atoms with E-state index in [4.69, 9.17) is 16.3 Å². The van der Waals surface area contributed by atoms with Crippen LogP contribution in [0.15, 0.2) is 30.5 Å². The van der Waals surface area contributed by atoms with Gasteiger partial charge in [-0.25, -0.2) is 4.98 Å². The molecule has 1 aliphatic heterocycles. The number of fused-ring (bicyclic) bond motifs is 1. The molecule has 1 unspecified atom stereocenters. The molecule has 3 heterocycles. The van der Waals surface area contributed by atoms with Crippen LogP contribution in [0.5, 0.6) is 0 Å². The average molecular weight is 431 g/mol. The fourth-order valence-corrected chi connectivity index (χ4v) is 3.57. The molecule has 1 fully saturated rings. The molecule has 1 atom stereocenters. The second-order valence-corrected chi connectivity index (χ2v) is 7.67. The van der Waals surface area contributed by atoms with Crippen molar-refractivity contribution in [3.8, 4) is 0 Å². The third kappa shape index (κ3) is 4.80. The van der Waals surface area contributed by atoms with E-state index in [0.29, 0.717) is 37.0 Å². The maximum absolute atomic E-state index is 12.5. The molecule has 2 aromatic heterocycles. The molecule has 0 radical (unpaired) electrons. The summed E-state index contributed by atoms with van der Waals surface area (Å²) in [6.07, 6.45) is 1.48. The third-order valence-electron chi connectivity index (χ3n) is 4.96. The molecule has 30 heavy (non-hydrogen) atoms.